The molecule has 0 unspecified atom stereocenters. The molecule has 2 aromatic carbocycles. The third kappa shape index (κ3) is 4.52. The molecule has 2 heterocycles. The van der Waals surface area contributed by atoms with Gasteiger partial charge in [-0.15, -0.1) is 0 Å². The van der Waals surface area contributed by atoms with E-state index in [0.717, 1.165) is 31.5 Å². The van der Waals surface area contributed by atoms with Crippen molar-refractivity contribution in [3.8, 4) is 17.2 Å². The first-order valence-corrected chi connectivity index (χ1v) is 11.7. The van der Waals surface area contributed by atoms with E-state index in [0.29, 0.717) is 28.6 Å². The molecule has 182 valence electrons. The van der Waals surface area contributed by atoms with Crippen molar-refractivity contribution in [1.82, 2.24) is 15.1 Å². The van der Waals surface area contributed by atoms with Crippen molar-refractivity contribution in [2.75, 3.05) is 27.3 Å². The summed E-state index contributed by atoms with van der Waals surface area (Å²) in [7, 11) is 3.08. The number of para-hydroxylation sites is 1. The van der Waals surface area contributed by atoms with Gasteiger partial charge in [-0.05, 0) is 63.0 Å². The summed E-state index contributed by atoms with van der Waals surface area (Å²) in [4.78, 5) is 29.8. The Balaban J connectivity index is 1.43. The number of urea groups is 1. The van der Waals surface area contributed by atoms with Gasteiger partial charge in [0.15, 0.2) is 11.5 Å². The van der Waals surface area contributed by atoms with Crippen molar-refractivity contribution in [2.45, 2.75) is 38.4 Å². The molecule has 34 heavy (non-hydrogen) atoms. The van der Waals surface area contributed by atoms with Gasteiger partial charge in [0.25, 0.3) is 5.91 Å². The molecule has 0 spiro atoms. The maximum Gasteiger partial charge on any atom is 0.325 e. The highest BCUT2D eigenvalue weighted by Crippen LogP contribution is 2.37. The van der Waals surface area contributed by atoms with E-state index in [1.54, 1.807) is 31.4 Å². The van der Waals surface area contributed by atoms with Crippen molar-refractivity contribution in [1.29, 1.82) is 0 Å². The standard InChI is InChI=1S/C25H30ClN3O5/c1-25(18-9-11-28(12-10-18)14-17-13-19(26)7-8-20(17)30)23(31)29(24(32)27-25)15-16-5-4-6-21(33-2)22(16)34-3/h4-8,13,18,30H,9-12,14-15H2,1-3H3,(H,27,32)/t25-/m0/s1. The van der Waals surface area contributed by atoms with Gasteiger partial charge in [0.05, 0.1) is 20.8 Å². The fourth-order valence-electron chi connectivity index (χ4n) is 4.97. The number of piperidine rings is 1. The van der Waals surface area contributed by atoms with Crippen molar-refractivity contribution in [3.63, 3.8) is 0 Å². The normalized spacial score (nSPS) is 21.6. The predicted molar refractivity (Wildman–Crippen MR) is 128 cm³/mol. The van der Waals surface area contributed by atoms with Gasteiger partial charge in [-0.1, -0.05) is 23.7 Å². The summed E-state index contributed by atoms with van der Waals surface area (Å²) in [6, 6.07) is 10.0. The molecule has 0 aromatic heterocycles. The second-order valence-electron chi connectivity index (χ2n) is 9.00. The zero-order valence-electron chi connectivity index (χ0n) is 19.6. The van der Waals surface area contributed by atoms with E-state index in [9.17, 15) is 14.7 Å². The third-order valence-corrected chi connectivity index (χ3v) is 7.19. The van der Waals surface area contributed by atoms with Crippen molar-refractivity contribution in [2.24, 2.45) is 5.92 Å². The second kappa shape index (κ2) is 9.72. The highest BCUT2D eigenvalue weighted by atomic mass is 35.5. The lowest BCUT2D eigenvalue weighted by Gasteiger charge is -2.39. The first-order chi connectivity index (χ1) is 16.3. The van der Waals surface area contributed by atoms with Crippen LogP contribution in [0.2, 0.25) is 5.02 Å². The van der Waals surface area contributed by atoms with Crippen LogP contribution >= 0.6 is 11.6 Å². The molecule has 2 aliphatic heterocycles. The number of carbonyl (C=O) groups excluding carboxylic acids is 2. The minimum atomic E-state index is -0.965. The maximum atomic E-state index is 13.5. The Bertz CT molecular complexity index is 1090. The Morgan fingerprint density at radius 2 is 1.82 bits per heavy atom. The number of phenols is 1. The molecule has 2 fully saturated rings. The number of hydrogen-bond acceptors (Lipinski definition) is 6. The zero-order chi connectivity index (χ0) is 24.5. The first-order valence-electron chi connectivity index (χ1n) is 11.3. The van der Waals surface area contributed by atoms with Gasteiger partial charge in [0, 0.05) is 22.7 Å². The lowest BCUT2D eigenvalue weighted by molar-refractivity contribution is -0.133. The molecule has 2 N–H and O–H groups in total. The van der Waals surface area contributed by atoms with Crippen LogP contribution in [0.15, 0.2) is 36.4 Å². The summed E-state index contributed by atoms with van der Waals surface area (Å²) < 4.78 is 10.8. The summed E-state index contributed by atoms with van der Waals surface area (Å²) >= 11 is 6.07. The molecule has 9 heteroatoms. The average molecular weight is 488 g/mol. The number of amides is 3. The minimum absolute atomic E-state index is 0.00497. The largest absolute Gasteiger partial charge is 0.508 e. The van der Waals surface area contributed by atoms with Crippen LogP contribution in [0.25, 0.3) is 0 Å². The van der Waals surface area contributed by atoms with E-state index in [4.69, 9.17) is 21.1 Å². The molecule has 4 rings (SSSR count). The Labute approximate surface area is 204 Å². The summed E-state index contributed by atoms with van der Waals surface area (Å²) in [6.45, 7) is 4.00. The van der Waals surface area contributed by atoms with E-state index >= 15 is 0 Å². The van der Waals surface area contributed by atoms with E-state index in [-0.39, 0.29) is 24.1 Å². The van der Waals surface area contributed by atoms with Gasteiger partial charge >= 0.3 is 6.03 Å². The number of ether oxygens (including phenoxy) is 2. The molecule has 0 saturated carbocycles. The van der Waals surface area contributed by atoms with Crippen LogP contribution in [0.5, 0.6) is 17.2 Å². The third-order valence-electron chi connectivity index (χ3n) is 6.95. The van der Waals surface area contributed by atoms with Crippen LogP contribution in [0.1, 0.15) is 30.9 Å². The fourth-order valence-corrected chi connectivity index (χ4v) is 5.17. The van der Waals surface area contributed by atoms with Crippen LogP contribution in [0.3, 0.4) is 0 Å². The van der Waals surface area contributed by atoms with Crippen LogP contribution in [-0.4, -0.2) is 59.7 Å². The Kier molecular flexibility index (Phi) is 6.91. The molecule has 2 aromatic rings. The number of aromatic hydroxyl groups is 1. The number of imide groups is 1. The zero-order valence-corrected chi connectivity index (χ0v) is 20.4. The van der Waals surface area contributed by atoms with E-state index in [1.807, 2.05) is 19.1 Å². The molecule has 2 saturated heterocycles. The number of phenolic OH excluding ortho intramolecular Hbond substituents is 1. The van der Waals surface area contributed by atoms with E-state index < -0.39 is 11.6 Å². The average Bonchev–Trinajstić information content (AvgIpc) is 3.05. The highest BCUT2D eigenvalue weighted by molar-refractivity contribution is 6.30. The number of hydrogen-bond donors (Lipinski definition) is 2. The molecule has 1 atom stereocenters. The molecule has 0 bridgehead atoms. The highest BCUT2D eigenvalue weighted by Gasteiger charge is 2.52. The molecular weight excluding hydrogens is 458 g/mol. The van der Waals surface area contributed by atoms with Gasteiger partial charge in [-0.3, -0.25) is 14.6 Å². The summed E-state index contributed by atoms with van der Waals surface area (Å²) in [5.74, 6) is 1.06. The number of benzene rings is 2. The molecule has 0 radical (unpaired) electrons. The smallest absolute Gasteiger partial charge is 0.325 e. The molecular formula is C25H30ClN3O5. The Hall–Kier alpha value is -2.97. The lowest BCUT2D eigenvalue weighted by atomic mass is 9.78. The number of nitrogens with one attached hydrogen (secondary N) is 1. The second-order valence-corrected chi connectivity index (χ2v) is 9.44. The quantitative estimate of drug-likeness (QED) is 0.577. The van der Waals surface area contributed by atoms with E-state index in [2.05, 4.69) is 10.2 Å². The number of methoxy groups -OCH3 is 2. The summed E-state index contributed by atoms with van der Waals surface area (Å²) in [5, 5.41) is 13.7. The first kappa shape index (κ1) is 24.2. The SMILES string of the molecule is COc1cccc(CN2C(=O)N[C@@](C)(C3CCN(Cc4cc(Cl)ccc4O)CC3)C2=O)c1OC. The molecule has 2 aliphatic rings. The monoisotopic (exact) mass is 487 g/mol. The van der Waals surface area contributed by atoms with Crippen LogP contribution < -0.4 is 14.8 Å². The predicted octanol–water partition coefficient (Wildman–Crippen LogP) is 3.79. The Morgan fingerprint density at radius 3 is 2.50 bits per heavy atom. The Morgan fingerprint density at radius 1 is 1.09 bits per heavy atom. The van der Waals surface area contributed by atoms with Crippen LogP contribution in [0, 0.1) is 5.92 Å². The minimum Gasteiger partial charge on any atom is -0.508 e. The van der Waals surface area contributed by atoms with Crippen LogP contribution in [0.4, 0.5) is 4.79 Å². The maximum absolute atomic E-state index is 13.5. The number of rotatable bonds is 7. The topological polar surface area (TPSA) is 91.3 Å². The van der Waals surface area contributed by atoms with Crippen LogP contribution in [-0.2, 0) is 17.9 Å². The van der Waals surface area contributed by atoms with Gasteiger partial charge in [-0.2, -0.15) is 0 Å². The number of nitrogens with zero attached hydrogens (tertiary/aromatic N) is 2. The molecule has 0 aliphatic carbocycles. The van der Waals surface area contributed by atoms with E-state index in [1.165, 1.54) is 12.0 Å². The molecule has 3 amide bonds. The summed E-state index contributed by atoms with van der Waals surface area (Å²) in [6.07, 6.45) is 1.50. The lowest BCUT2D eigenvalue weighted by Crippen LogP contribution is -2.53. The summed E-state index contributed by atoms with van der Waals surface area (Å²) in [5.41, 5.74) is 0.513. The number of carbonyl (C=O) groups is 2. The van der Waals surface area contributed by atoms with Crippen molar-refractivity contribution >= 4 is 23.5 Å². The van der Waals surface area contributed by atoms with Gasteiger partial charge in [0.2, 0.25) is 0 Å². The van der Waals surface area contributed by atoms with Crippen molar-refractivity contribution < 1.29 is 24.2 Å². The number of halogens is 1. The number of likely N-dealkylation sites (tertiary alicyclic amines) is 1. The molecule has 8 nitrogen and oxygen atoms in total. The van der Waals surface area contributed by atoms with Gasteiger partial charge in [0.1, 0.15) is 11.3 Å². The van der Waals surface area contributed by atoms with Crippen molar-refractivity contribution in [3.05, 3.63) is 52.5 Å². The fraction of sp³-hybridized carbons (Fsp3) is 0.440. The van der Waals surface area contributed by atoms with Gasteiger partial charge < -0.3 is 19.9 Å². The van der Waals surface area contributed by atoms with Gasteiger partial charge in [-0.25, -0.2) is 4.79 Å².